The Morgan fingerprint density at radius 3 is 2.45 bits per heavy atom. The molecule has 0 saturated carbocycles. The highest BCUT2D eigenvalue weighted by Crippen LogP contribution is 2.17. The second kappa shape index (κ2) is 6.35. The van der Waals surface area contributed by atoms with Crippen molar-refractivity contribution in [3.8, 4) is 0 Å². The van der Waals surface area contributed by atoms with Gasteiger partial charge in [-0.2, -0.15) is 0 Å². The van der Waals surface area contributed by atoms with Crippen LogP contribution in [0.25, 0.3) is 0 Å². The Labute approximate surface area is 119 Å². The Bertz CT molecular complexity index is 620. The van der Waals surface area contributed by atoms with Crippen molar-refractivity contribution in [1.82, 2.24) is 0 Å². The topological polar surface area (TPSA) is 55.1 Å². The van der Waals surface area contributed by atoms with E-state index in [9.17, 15) is 4.79 Å². The lowest BCUT2D eigenvalue weighted by molar-refractivity contribution is -0.115. The van der Waals surface area contributed by atoms with Gasteiger partial charge in [-0.25, -0.2) is 0 Å². The van der Waals surface area contributed by atoms with Crippen LogP contribution in [0.2, 0.25) is 0 Å². The van der Waals surface area contributed by atoms with Crippen LogP contribution >= 0.6 is 0 Å². The van der Waals surface area contributed by atoms with Gasteiger partial charge in [-0.3, -0.25) is 4.79 Å². The van der Waals surface area contributed by atoms with E-state index in [4.69, 9.17) is 5.73 Å². The molecule has 3 N–H and O–H groups in total. The predicted octanol–water partition coefficient (Wildman–Crippen LogP) is 2.94. The molecule has 20 heavy (non-hydrogen) atoms. The van der Waals surface area contributed by atoms with Gasteiger partial charge in [0.25, 0.3) is 0 Å². The van der Waals surface area contributed by atoms with E-state index in [-0.39, 0.29) is 5.91 Å². The van der Waals surface area contributed by atoms with Crippen LogP contribution in [-0.2, 0) is 17.8 Å². The van der Waals surface area contributed by atoms with Crippen molar-refractivity contribution in [2.45, 2.75) is 26.8 Å². The number of carbonyl (C=O) groups excluding carboxylic acids is 1. The van der Waals surface area contributed by atoms with E-state index in [1.807, 2.05) is 50.2 Å². The molecule has 0 heterocycles. The third-order valence-corrected chi connectivity index (χ3v) is 3.35. The number of anilines is 1. The number of carbonyl (C=O) groups is 1. The van der Waals surface area contributed by atoms with E-state index in [1.165, 1.54) is 5.56 Å². The van der Waals surface area contributed by atoms with Gasteiger partial charge >= 0.3 is 0 Å². The lowest BCUT2D eigenvalue weighted by atomic mass is 10.0. The average molecular weight is 268 g/mol. The van der Waals surface area contributed by atoms with Gasteiger partial charge in [0.15, 0.2) is 0 Å². The number of aryl methyl sites for hydroxylation is 2. The number of amides is 1. The second-order valence-electron chi connectivity index (χ2n) is 5.02. The molecule has 0 atom stereocenters. The quantitative estimate of drug-likeness (QED) is 0.895. The molecule has 3 heteroatoms. The first kappa shape index (κ1) is 14.3. The summed E-state index contributed by atoms with van der Waals surface area (Å²) in [4.78, 5) is 12.1. The molecule has 0 spiro atoms. The zero-order valence-corrected chi connectivity index (χ0v) is 11.9. The maximum Gasteiger partial charge on any atom is 0.228 e. The zero-order valence-electron chi connectivity index (χ0n) is 11.9. The van der Waals surface area contributed by atoms with Crippen molar-refractivity contribution in [3.05, 3.63) is 64.7 Å². The average Bonchev–Trinajstić information content (AvgIpc) is 2.42. The fourth-order valence-electron chi connectivity index (χ4n) is 2.25. The van der Waals surface area contributed by atoms with Crippen molar-refractivity contribution < 1.29 is 4.79 Å². The molecule has 2 rings (SSSR count). The summed E-state index contributed by atoms with van der Waals surface area (Å²) in [6.45, 7) is 4.49. The summed E-state index contributed by atoms with van der Waals surface area (Å²) in [6, 6.07) is 13.8. The molecular formula is C17H20N2O. The van der Waals surface area contributed by atoms with Crippen molar-refractivity contribution in [3.63, 3.8) is 0 Å². The third-order valence-electron chi connectivity index (χ3n) is 3.35. The van der Waals surface area contributed by atoms with E-state index in [2.05, 4.69) is 11.4 Å². The highest BCUT2D eigenvalue weighted by Gasteiger charge is 2.08. The lowest BCUT2D eigenvalue weighted by Crippen LogP contribution is -2.16. The molecule has 0 unspecified atom stereocenters. The highest BCUT2D eigenvalue weighted by molar-refractivity contribution is 5.93. The summed E-state index contributed by atoms with van der Waals surface area (Å²) < 4.78 is 0. The number of benzene rings is 2. The van der Waals surface area contributed by atoms with Gasteiger partial charge in [-0.15, -0.1) is 0 Å². The summed E-state index contributed by atoms with van der Waals surface area (Å²) >= 11 is 0. The third kappa shape index (κ3) is 3.45. The minimum Gasteiger partial charge on any atom is -0.326 e. The Morgan fingerprint density at radius 2 is 1.80 bits per heavy atom. The molecule has 104 valence electrons. The van der Waals surface area contributed by atoms with Gasteiger partial charge in [-0.05, 0) is 36.6 Å². The van der Waals surface area contributed by atoms with Crippen LogP contribution in [0, 0.1) is 13.8 Å². The predicted molar refractivity (Wildman–Crippen MR) is 82.6 cm³/mol. The largest absolute Gasteiger partial charge is 0.326 e. The van der Waals surface area contributed by atoms with Crippen molar-refractivity contribution >= 4 is 11.6 Å². The van der Waals surface area contributed by atoms with Crippen molar-refractivity contribution in [1.29, 1.82) is 0 Å². The maximum atomic E-state index is 12.1. The molecule has 0 aliphatic rings. The minimum atomic E-state index is -0.0159. The summed E-state index contributed by atoms with van der Waals surface area (Å²) in [5.74, 6) is -0.0159. The molecule has 2 aromatic rings. The molecule has 0 aromatic heterocycles. The number of nitrogens with two attached hydrogens (primary N) is 1. The fourth-order valence-corrected chi connectivity index (χ4v) is 2.25. The molecule has 2 aromatic carbocycles. The van der Waals surface area contributed by atoms with E-state index < -0.39 is 0 Å². The first-order chi connectivity index (χ1) is 9.60. The Hall–Kier alpha value is -2.13. The summed E-state index contributed by atoms with van der Waals surface area (Å²) in [5.41, 5.74) is 10.8. The van der Waals surface area contributed by atoms with Crippen LogP contribution in [0.5, 0.6) is 0 Å². The summed E-state index contributed by atoms with van der Waals surface area (Å²) in [7, 11) is 0. The highest BCUT2D eigenvalue weighted by atomic mass is 16.1. The molecular weight excluding hydrogens is 248 g/mol. The molecule has 1 amide bonds. The zero-order chi connectivity index (χ0) is 14.5. The Balaban J connectivity index is 2.09. The van der Waals surface area contributed by atoms with E-state index in [0.29, 0.717) is 13.0 Å². The number of hydrogen-bond acceptors (Lipinski definition) is 2. The van der Waals surface area contributed by atoms with Crippen LogP contribution in [0.4, 0.5) is 5.69 Å². The minimum absolute atomic E-state index is 0.0159. The van der Waals surface area contributed by atoms with E-state index in [0.717, 1.165) is 22.4 Å². The van der Waals surface area contributed by atoms with Crippen LogP contribution < -0.4 is 11.1 Å². The van der Waals surface area contributed by atoms with Gasteiger partial charge in [-0.1, -0.05) is 42.0 Å². The fraction of sp³-hybridized carbons (Fsp3) is 0.235. The number of nitrogens with one attached hydrogen (secondary N) is 1. The molecule has 0 aliphatic heterocycles. The molecule has 0 aliphatic carbocycles. The van der Waals surface area contributed by atoms with Crippen LogP contribution in [0.1, 0.15) is 22.3 Å². The molecule has 0 fully saturated rings. The first-order valence-electron chi connectivity index (χ1n) is 6.74. The Morgan fingerprint density at radius 1 is 1.10 bits per heavy atom. The maximum absolute atomic E-state index is 12.1. The van der Waals surface area contributed by atoms with E-state index in [1.54, 1.807) is 0 Å². The molecule has 0 saturated heterocycles. The second-order valence-corrected chi connectivity index (χ2v) is 5.02. The molecule has 3 nitrogen and oxygen atoms in total. The summed E-state index contributed by atoms with van der Waals surface area (Å²) in [6.07, 6.45) is 0.348. The van der Waals surface area contributed by atoms with Crippen LogP contribution in [0.3, 0.4) is 0 Å². The van der Waals surface area contributed by atoms with Gasteiger partial charge in [0.1, 0.15) is 0 Å². The van der Waals surface area contributed by atoms with Gasteiger partial charge in [0.2, 0.25) is 5.91 Å². The van der Waals surface area contributed by atoms with Gasteiger partial charge in [0, 0.05) is 12.2 Å². The van der Waals surface area contributed by atoms with E-state index >= 15 is 0 Å². The smallest absolute Gasteiger partial charge is 0.228 e. The van der Waals surface area contributed by atoms with Crippen molar-refractivity contribution in [2.75, 3.05) is 5.32 Å². The molecule has 0 radical (unpaired) electrons. The molecule has 0 bridgehead atoms. The first-order valence-corrected chi connectivity index (χ1v) is 6.74. The van der Waals surface area contributed by atoms with Gasteiger partial charge < -0.3 is 11.1 Å². The number of rotatable bonds is 4. The number of hydrogen-bond donors (Lipinski definition) is 2. The summed E-state index contributed by atoms with van der Waals surface area (Å²) in [5, 5.41) is 2.96. The van der Waals surface area contributed by atoms with Crippen LogP contribution in [-0.4, -0.2) is 5.91 Å². The normalized spacial score (nSPS) is 10.3. The standard InChI is InChI=1S/C17H20N2O/c1-12-7-8-16(13(2)9-12)19-17(20)10-14-5-3-4-6-15(14)11-18/h3-9H,10-11,18H2,1-2H3,(H,19,20). The Kier molecular flexibility index (Phi) is 4.53. The van der Waals surface area contributed by atoms with Crippen LogP contribution in [0.15, 0.2) is 42.5 Å². The van der Waals surface area contributed by atoms with Gasteiger partial charge in [0.05, 0.1) is 6.42 Å². The monoisotopic (exact) mass is 268 g/mol. The lowest BCUT2D eigenvalue weighted by Gasteiger charge is -2.11. The SMILES string of the molecule is Cc1ccc(NC(=O)Cc2ccccc2CN)c(C)c1. The van der Waals surface area contributed by atoms with Crippen molar-refractivity contribution in [2.24, 2.45) is 5.73 Å².